The first kappa shape index (κ1) is 24.6. The molecule has 1 unspecified atom stereocenters. The molecule has 1 aromatic heterocycles. The van der Waals surface area contributed by atoms with Gasteiger partial charge in [-0.2, -0.15) is 0 Å². The number of benzene rings is 1. The Morgan fingerprint density at radius 1 is 1.10 bits per heavy atom. The standard InChI is InChI=1S/C15H18BF5N6O4/c17-10-7(11(18)13(20)14(21)12(10)19)5-23-9(28)6-27-15(24-25-26-27)8(22)3-1-2-4-31-16(29)30/h8,29-30H,1-6,22H2,(H,23,28). The van der Waals surface area contributed by atoms with Crippen LogP contribution in [0.5, 0.6) is 0 Å². The van der Waals surface area contributed by atoms with Gasteiger partial charge in [0.25, 0.3) is 0 Å². The summed E-state index contributed by atoms with van der Waals surface area (Å²) in [5, 5.41) is 29.8. The van der Waals surface area contributed by atoms with E-state index < -0.39 is 67.0 Å². The molecule has 0 fully saturated rings. The minimum absolute atomic E-state index is 0.0788. The Kier molecular flexibility index (Phi) is 8.79. The Bertz CT molecular complexity index is 889. The highest BCUT2D eigenvalue weighted by molar-refractivity contribution is 6.32. The van der Waals surface area contributed by atoms with Crippen LogP contribution in [0.4, 0.5) is 22.0 Å². The predicted octanol–water partition coefficient (Wildman–Crippen LogP) is -0.159. The molecule has 10 nitrogen and oxygen atoms in total. The first-order valence-corrected chi connectivity index (χ1v) is 8.89. The number of carbonyl (C=O) groups excluding carboxylic acids is 1. The van der Waals surface area contributed by atoms with Crippen molar-refractivity contribution in [3.8, 4) is 0 Å². The first-order chi connectivity index (χ1) is 14.6. The van der Waals surface area contributed by atoms with Gasteiger partial charge in [0.05, 0.1) is 6.04 Å². The van der Waals surface area contributed by atoms with Crippen LogP contribution in [0, 0.1) is 29.1 Å². The second-order valence-electron chi connectivity index (χ2n) is 6.32. The van der Waals surface area contributed by atoms with Gasteiger partial charge in [-0.05, 0) is 29.7 Å². The number of halogens is 5. The van der Waals surface area contributed by atoms with Crippen LogP contribution in [0.1, 0.15) is 36.7 Å². The van der Waals surface area contributed by atoms with Crippen molar-refractivity contribution in [2.75, 3.05) is 6.61 Å². The molecule has 0 bridgehead atoms. The van der Waals surface area contributed by atoms with E-state index >= 15 is 0 Å². The Morgan fingerprint density at radius 3 is 2.32 bits per heavy atom. The summed E-state index contributed by atoms with van der Waals surface area (Å²) in [6.07, 6.45) is 1.32. The second-order valence-corrected chi connectivity index (χ2v) is 6.32. The van der Waals surface area contributed by atoms with Crippen LogP contribution in [-0.4, -0.2) is 50.1 Å². The fourth-order valence-corrected chi connectivity index (χ4v) is 2.56. The van der Waals surface area contributed by atoms with Gasteiger partial charge >= 0.3 is 7.32 Å². The van der Waals surface area contributed by atoms with E-state index in [9.17, 15) is 26.7 Å². The molecule has 1 amide bonds. The lowest BCUT2D eigenvalue weighted by molar-refractivity contribution is -0.122. The fourth-order valence-electron chi connectivity index (χ4n) is 2.56. The highest BCUT2D eigenvalue weighted by Crippen LogP contribution is 2.22. The zero-order valence-corrected chi connectivity index (χ0v) is 15.9. The van der Waals surface area contributed by atoms with Gasteiger partial charge in [-0.1, -0.05) is 0 Å². The molecule has 2 aromatic rings. The Morgan fingerprint density at radius 2 is 1.71 bits per heavy atom. The van der Waals surface area contributed by atoms with Crippen LogP contribution in [0.2, 0.25) is 0 Å². The molecule has 170 valence electrons. The van der Waals surface area contributed by atoms with Gasteiger partial charge in [0.15, 0.2) is 29.1 Å². The van der Waals surface area contributed by atoms with Crippen molar-refractivity contribution in [2.45, 2.75) is 38.4 Å². The molecule has 0 spiro atoms. The minimum atomic E-state index is -2.29. The van der Waals surface area contributed by atoms with Gasteiger partial charge in [0.2, 0.25) is 11.7 Å². The minimum Gasteiger partial charge on any atom is -0.402 e. The normalized spacial score (nSPS) is 12.1. The molecule has 0 saturated carbocycles. The average Bonchev–Trinajstić information content (AvgIpc) is 3.18. The molecule has 16 heteroatoms. The molecule has 5 N–H and O–H groups in total. The van der Waals surface area contributed by atoms with Gasteiger partial charge < -0.3 is 25.8 Å². The topological polar surface area (TPSA) is 148 Å². The molecule has 0 radical (unpaired) electrons. The summed E-state index contributed by atoms with van der Waals surface area (Å²) >= 11 is 0. The highest BCUT2D eigenvalue weighted by atomic mass is 19.2. The summed E-state index contributed by atoms with van der Waals surface area (Å²) in [4.78, 5) is 12.0. The van der Waals surface area contributed by atoms with Crippen LogP contribution < -0.4 is 11.1 Å². The number of nitrogens with two attached hydrogens (primary N) is 1. The third kappa shape index (κ3) is 6.40. The van der Waals surface area contributed by atoms with E-state index in [4.69, 9.17) is 15.8 Å². The molecule has 0 aliphatic heterocycles. The number of amides is 1. The predicted molar refractivity (Wildman–Crippen MR) is 92.8 cm³/mol. The number of nitrogens with zero attached hydrogens (tertiary/aromatic N) is 4. The number of aromatic nitrogens is 4. The zero-order valence-electron chi connectivity index (χ0n) is 15.9. The van der Waals surface area contributed by atoms with E-state index in [1.165, 1.54) is 0 Å². The summed E-state index contributed by atoms with van der Waals surface area (Å²) in [5.41, 5.74) is 4.77. The van der Waals surface area contributed by atoms with Crippen molar-refractivity contribution >= 4 is 13.2 Å². The summed E-state index contributed by atoms with van der Waals surface area (Å²) in [5.74, 6) is -11.4. The Labute approximate surface area is 172 Å². The molecule has 1 aromatic carbocycles. The molecular formula is C15H18BF5N6O4. The van der Waals surface area contributed by atoms with Crippen molar-refractivity contribution in [3.05, 3.63) is 40.5 Å². The molecule has 0 saturated heterocycles. The van der Waals surface area contributed by atoms with E-state index in [2.05, 4.69) is 20.2 Å². The lowest BCUT2D eigenvalue weighted by atomic mass is 10.1. The van der Waals surface area contributed by atoms with Crippen molar-refractivity contribution in [1.29, 1.82) is 0 Å². The number of tetrazole rings is 1. The molecule has 0 aliphatic carbocycles. The molecular weight excluding hydrogens is 434 g/mol. The van der Waals surface area contributed by atoms with E-state index in [-0.39, 0.29) is 12.4 Å². The SMILES string of the molecule is NC(CCCCOB(O)O)c1nnnn1CC(=O)NCc1c(F)c(F)c(F)c(F)c1F. The van der Waals surface area contributed by atoms with Gasteiger partial charge in [0.1, 0.15) is 6.54 Å². The highest BCUT2D eigenvalue weighted by Gasteiger charge is 2.26. The van der Waals surface area contributed by atoms with Crippen molar-refractivity contribution < 1.29 is 41.4 Å². The third-order valence-electron chi connectivity index (χ3n) is 4.12. The average molecular weight is 452 g/mol. The van der Waals surface area contributed by atoms with Crippen molar-refractivity contribution in [2.24, 2.45) is 5.73 Å². The zero-order chi connectivity index (χ0) is 23.1. The number of unbranched alkanes of at least 4 members (excludes halogenated alkanes) is 1. The van der Waals surface area contributed by atoms with Crippen molar-refractivity contribution in [3.63, 3.8) is 0 Å². The number of rotatable bonds is 11. The van der Waals surface area contributed by atoms with Gasteiger partial charge in [0, 0.05) is 18.7 Å². The van der Waals surface area contributed by atoms with E-state index in [1.54, 1.807) is 0 Å². The maximum Gasteiger partial charge on any atom is 0.633 e. The van der Waals surface area contributed by atoms with Crippen LogP contribution in [-0.2, 0) is 22.5 Å². The molecule has 1 heterocycles. The summed E-state index contributed by atoms with van der Waals surface area (Å²) in [7, 11) is -1.87. The smallest absolute Gasteiger partial charge is 0.402 e. The lowest BCUT2D eigenvalue weighted by Gasteiger charge is -2.12. The number of hydrogen-bond acceptors (Lipinski definition) is 8. The Balaban J connectivity index is 1.92. The molecule has 2 rings (SSSR count). The van der Waals surface area contributed by atoms with Crippen molar-refractivity contribution in [1.82, 2.24) is 25.5 Å². The summed E-state index contributed by atoms with van der Waals surface area (Å²) in [6.45, 7) is -1.40. The van der Waals surface area contributed by atoms with Gasteiger partial charge in [-0.15, -0.1) is 5.10 Å². The van der Waals surface area contributed by atoms with Gasteiger partial charge in [-0.25, -0.2) is 26.6 Å². The second kappa shape index (κ2) is 11.1. The van der Waals surface area contributed by atoms with Crippen LogP contribution in [0.25, 0.3) is 0 Å². The van der Waals surface area contributed by atoms with Crippen LogP contribution in [0.3, 0.4) is 0 Å². The maximum atomic E-state index is 13.7. The fraction of sp³-hybridized carbons (Fsp3) is 0.467. The van der Waals surface area contributed by atoms with Crippen LogP contribution >= 0.6 is 0 Å². The molecule has 1 atom stereocenters. The largest absolute Gasteiger partial charge is 0.633 e. The maximum absolute atomic E-state index is 13.7. The number of nitrogens with one attached hydrogen (secondary N) is 1. The lowest BCUT2D eigenvalue weighted by Crippen LogP contribution is -2.30. The van der Waals surface area contributed by atoms with E-state index in [0.29, 0.717) is 19.3 Å². The van der Waals surface area contributed by atoms with Crippen LogP contribution in [0.15, 0.2) is 0 Å². The third-order valence-corrected chi connectivity index (χ3v) is 4.12. The van der Waals surface area contributed by atoms with E-state index in [0.717, 1.165) is 4.68 Å². The quantitative estimate of drug-likeness (QED) is 0.121. The first-order valence-electron chi connectivity index (χ1n) is 8.89. The monoisotopic (exact) mass is 452 g/mol. The molecule has 31 heavy (non-hydrogen) atoms. The Hall–Kier alpha value is -2.69. The summed E-state index contributed by atoms with van der Waals surface area (Å²) in [6, 6.07) is -0.697. The summed E-state index contributed by atoms with van der Waals surface area (Å²) < 4.78 is 72.4. The van der Waals surface area contributed by atoms with E-state index in [1.807, 2.05) is 5.32 Å². The van der Waals surface area contributed by atoms with Gasteiger partial charge in [-0.3, -0.25) is 4.79 Å². The number of carbonyl (C=O) groups is 1. The molecule has 0 aliphatic rings. The number of hydrogen-bond donors (Lipinski definition) is 4.